The summed E-state index contributed by atoms with van der Waals surface area (Å²) in [6.45, 7) is 0.149. The molecule has 8 nitrogen and oxygen atoms in total. The summed E-state index contributed by atoms with van der Waals surface area (Å²) in [5.74, 6) is -3.00. The molecular weight excluding hydrogens is 406 g/mol. The molecule has 0 bridgehead atoms. The maximum absolute atomic E-state index is 13.2. The highest BCUT2D eigenvalue weighted by atomic mass is 32.2. The van der Waals surface area contributed by atoms with Crippen LogP contribution in [0, 0.1) is 11.6 Å². The SMILES string of the molecule is O=C(NCC(=O)N1CCN(S(=O)(=O)c2cccnc2)CC1)c1cc(F)cc(F)c1. The second-order valence-corrected chi connectivity index (χ2v) is 8.25. The number of nitrogens with one attached hydrogen (secondary N) is 1. The van der Waals surface area contributed by atoms with E-state index in [9.17, 15) is 26.8 Å². The Bertz CT molecular complexity index is 990. The minimum Gasteiger partial charge on any atom is -0.343 e. The summed E-state index contributed by atoms with van der Waals surface area (Å²) in [5, 5.41) is 2.31. The maximum atomic E-state index is 13.2. The Labute approximate surface area is 166 Å². The van der Waals surface area contributed by atoms with Gasteiger partial charge in [-0.15, -0.1) is 0 Å². The quantitative estimate of drug-likeness (QED) is 0.759. The van der Waals surface area contributed by atoms with Crippen molar-refractivity contribution in [3.05, 3.63) is 59.9 Å². The van der Waals surface area contributed by atoms with Gasteiger partial charge in [-0.3, -0.25) is 14.6 Å². The molecule has 0 unspecified atom stereocenters. The number of nitrogens with zero attached hydrogens (tertiary/aromatic N) is 3. The summed E-state index contributed by atoms with van der Waals surface area (Å²) >= 11 is 0. The molecule has 0 atom stereocenters. The molecule has 29 heavy (non-hydrogen) atoms. The zero-order valence-corrected chi connectivity index (χ0v) is 16.0. The van der Waals surface area contributed by atoms with E-state index in [0.29, 0.717) is 6.07 Å². The average molecular weight is 424 g/mol. The Morgan fingerprint density at radius 2 is 1.72 bits per heavy atom. The van der Waals surface area contributed by atoms with Gasteiger partial charge in [-0.1, -0.05) is 0 Å². The lowest BCUT2D eigenvalue weighted by Gasteiger charge is -2.34. The number of sulfonamides is 1. The molecule has 1 aromatic carbocycles. The van der Waals surface area contributed by atoms with Crippen LogP contribution in [0.15, 0.2) is 47.6 Å². The van der Waals surface area contributed by atoms with Crippen LogP contribution >= 0.6 is 0 Å². The van der Waals surface area contributed by atoms with Crippen molar-refractivity contribution in [3.8, 4) is 0 Å². The third-order valence-electron chi connectivity index (χ3n) is 4.39. The van der Waals surface area contributed by atoms with Gasteiger partial charge in [0.05, 0.1) is 6.54 Å². The first-order chi connectivity index (χ1) is 13.8. The lowest BCUT2D eigenvalue weighted by molar-refractivity contribution is -0.131. The summed E-state index contributed by atoms with van der Waals surface area (Å²) in [6, 6.07) is 5.35. The van der Waals surface area contributed by atoms with Gasteiger partial charge in [-0.05, 0) is 24.3 Å². The van der Waals surface area contributed by atoms with Crippen molar-refractivity contribution >= 4 is 21.8 Å². The van der Waals surface area contributed by atoms with Crippen molar-refractivity contribution in [1.82, 2.24) is 19.5 Å². The van der Waals surface area contributed by atoms with Crippen molar-refractivity contribution in [2.45, 2.75) is 4.90 Å². The standard InChI is InChI=1S/C18H18F2N4O4S/c19-14-8-13(9-15(20)10-14)18(26)22-12-17(25)23-4-6-24(7-5-23)29(27,28)16-2-1-3-21-11-16/h1-3,8-11H,4-7,12H2,(H,22,26). The van der Waals surface area contributed by atoms with Gasteiger partial charge in [0.15, 0.2) is 0 Å². The Hall–Kier alpha value is -2.92. The molecule has 2 aromatic rings. The molecule has 1 N–H and O–H groups in total. The van der Waals surface area contributed by atoms with E-state index in [1.54, 1.807) is 0 Å². The third kappa shape index (κ3) is 4.93. The number of amides is 2. The zero-order chi connectivity index (χ0) is 21.0. The second kappa shape index (κ2) is 8.62. The van der Waals surface area contributed by atoms with Gasteiger partial charge in [0.2, 0.25) is 15.9 Å². The number of hydrogen-bond donors (Lipinski definition) is 1. The summed E-state index contributed by atoms with van der Waals surface area (Å²) in [6.07, 6.45) is 2.74. The van der Waals surface area contributed by atoms with Gasteiger partial charge in [-0.25, -0.2) is 17.2 Å². The highest BCUT2D eigenvalue weighted by Gasteiger charge is 2.30. The van der Waals surface area contributed by atoms with Crippen LogP contribution in [0.3, 0.4) is 0 Å². The van der Waals surface area contributed by atoms with Gasteiger partial charge in [0.25, 0.3) is 5.91 Å². The van der Waals surface area contributed by atoms with Crippen molar-refractivity contribution in [3.63, 3.8) is 0 Å². The van der Waals surface area contributed by atoms with E-state index in [-0.39, 0.29) is 43.2 Å². The number of pyridine rings is 1. The maximum Gasteiger partial charge on any atom is 0.251 e. The number of benzene rings is 1. The minimum absolute atomic E-state index is 0.0781. The molecule has 2 amide bonds. The molecule has 0 aliphatic carbocycles. The predicted molar refractivity (Wildman–Crippen MR) is 98.3 cm³/mol. The van der Waals surface area contributed by atoms with Crippen LogP contribution in [0.4, 0.5) is 8.78 Å². The van der Waals surface area contributed by atoms with E-state index >= 15 is 0 Å². The molecule has 154 valence electrons. The van der Waals surface area contributed by atoms with Gasteiger partial charge in [-0.2, -0.15) is 4.31 Å². The molecule has 0 spiro atoms. The number of piperazine rings is 1. The van der Waals surface area contributed by atoms with E-state index in [1.807, 2.05) is 0 Å². The van der Waals surface area contributed by atoms with Crippen LogP contribution in [-0.2, 0) is 14.8 Å². The normalized spacial score (nSPS) is 15.2. The molecule has 0 radical (unpaired) electrons. The lowest BCUT2D eigenvalue weighted by Crippen LogP contribution is -2.52. The molecule has 1 aromatic heterocycles. The highest BCUT2D eigenvalue weighted by molar-refractivity contribution is 7.89. The van der Waals surface area contributed by atoms with Crippen LogP contribution in [0.2, 0.25) is 0 Å². The summed E-state index contributed by atoms with van der Waals surface area (Å²) < 4.78 is 52.7. The lowest BCUT2D eigenvalue weighted by atomic mass is 10.2. The molecule has 1 aliphatic heterocycles. The Morgan fingerprint density at radius 1 is 1.07 bits per heavy atom. The summed E-state index contributed by atoms with van der Waals surface area (Å²) in [7, 11) is -3.69. The van der Waals surface area contributed by atoms with Crippen molar-refractivity contribution in [2.24, 2.45) is 0 Å². The third-order valence-corrected chi connectivity index (χ3v) is 6.27. The van der Waals surface area contributed by atoms with E-state index in [4.69, 9.17) is 0 Å². The number of carbonyl (C=O) groups is 2. The summed E-state index contributed by atoms with van der Waals surface area (Å²) in [4.78, 5) is 29.6. The van der Waals surface area contributed by atoms with E-state index < -0.39 is 33.5 Å². The number of rotatable bonds is 5. The van der Waals surface area contributed by atoms with Crippen LogP contribution in [0.5, 0.6) is 0 Å². The average Bonchev–Trinajstić information content (AvgIpc) is 2.71. The van der Waals surface area contributed by atoms with Crippen molar-refractivity contribution < 1.29 is 26.8 Å². The predicted octanol–water partition coefficient (Wildman–Crippen LogP) is 0.623. The zero-order valence-electron chi connectivity index (χ0n) is 15.2. The molecule has 1 aliphatic rings. The van der Waals surface area contributed by atoms with Gasteiger partial charge in [0, 0.05) is 50.2 Å². The van der Waals surface area contributed by atoms with Gasteiger partial charge < -0.3 is 10.2 Å². The van der Waals surface area contributed by atoms with E-state index in [1.165, 1.54) is 33.7 Å². The van der Waals surface area contributed by atoms with Crippen LogP contribution in [-0.4, -0.2) is 67.1 Å². The van der Waals surface area contributed by atoms with Crippen LogP contribution in [0.1, 0.15) is 10.4 Å². The largest absolute Gasteiger partial charge is 0.343 e. The Balaban J connectivity index is 1.53. The fraction of sp³-hybridized carbons (Fsp3) is 0.278. The second-order valence-electron chi connectivity index (χ2n) is 6.31. The fourth-order valence-corrected chi connectivity index (χ4v) is 4.27. The molecule has 3 rings (SSSR count). The smallest absolute Gasteiger partial charge is 0.251 e. The number of halogens is 2. The molecule has 11 heteroatoms. The highest BCUT2D eigenvalue weighted by Crippen LogP contribution is 2.16. The number of hydrogen-bond acceptors (Lipinski definition) is 5. The van der Waals surface area contributed by atoms with Crippen molar-refractivity contribution in [2.75, 3.05) is 32.7 Å². The first-order valence-electron chi connectivity index (χ1n) is 8.69. The molecule has 2 heterocycles. The topological polar surface area (TPSA) is 99.7 Å². The molecule has 1 fully saturated rings. The summed E-state index contributed by atoms with van der Waals surface area (Å²) in [5.41, 5.74) is -0.234. The molecule has 1 saturated heterocycles. The molecule has 0 saturated carbocycles. The van der Waals surface area contributed by atoms with E-state index in [2.05, 4.69) is 10.3 Å². The first kappa shape index (κ1) is 20.8. The van der Waals surface area contributed by atoms with E-state index in [0.717, 1.165) is 12.1 Å². The van der Waals surface area contributed by atoms with Gasteiger partial charge in [0.1, 0.15) is 16.5 Å². The minimum atomic E-state index is -3.69. The van der Waals surface area contributed by atoms with Crippen molar-refractivity contribution in [1.29, 1.82) is 0 Å². The Kier molecular flexibility index (Phi) is 6.18. The monoisotopic (exact) mass is 424 g/mol. The Morgan fingerprint density at radius 3 is 2.31 bits per heavy atom. The fourth-order valence-electron chi connectivity index (χ4n) is 2.88. The molecular formula is C18H18F2N4O4S. The van der Waals surface area contributed by atoms with Crippen LogP contribution < -0.4 is 5.32 Å². The van der Waals surface area contributed by atoms with Crippen LogP contribution in [0.25, 0.3) is 0 Å². The number of carbonyl (C=O) groups excluding carboxylic acids is 2. The number of aromatic nitrogens is 1. The van der Waals surface area contributed by atoms with Gasteiger partial charge >= 0.3 is 0 Å². The first-order valence-corrected chi connectivity index (χ1v) is 10.1.